The molecular formula is C28H37N5O6S. The fraction of sp³-hybridized carbons (Fsp3) is 0.500. The minimum Gasteiger partial charge on any atom is -0.493 e. The molecule has 0 amide bonds. The Morgan fingerprint density at radius 1 is 1.27 bits per heavy atom. The summed E-state index contributed by atoms with van der Waals surface area (Å²) in [7, 11) is -2.07. The number of H-pyrrole nitrogens is 1. The zero-order chi connectivity index (χ0) is 28.9. The lowest BCUT2D eigenvalue weighted by Crippen LogP contribution is -2.49. The van der Waals surface area contributed by atoms with Gasteiger partial charge in [0.2, 0.25) is 10.0 Å². The second kappa shape index (κ2) is 12.8. The Morgan fingerprint density at radius 3 is 2.75 bits per heavy atom. The maximum Gasteiger partial charge on any atom is 0.306 e. The Labute approximate surface area is 234 Å². The Balaban J connectivity index is 1.52. The Morgan fingerprint density at radius 2 is 2.05 bits per heavy atom. The second-order valence-electron chi connectivity index (χ2n) is 9.90. The number of aromatic nitrogens is 4. The number of hydrogen-bond acceptors (Lipinski definition) is 8. The van der Waals surface area contributed by atoms with Crippen molar-refractivity contribution >= 4 is 27.0 Å². The molecule has 1 aliphatic heterocycles. The van der Waals surface area contributed by atoms with Gasteiger partial charge in [-0.1, -0.05) is 19.4 Å². The highest BCUT2D eigenvalue weighted by molar-refractivity contribution is 7.89. The van der Waals surface area contributed by atoms with Crippen molar-refractivity contribution in [1.29, 1.82) is 0 Å². The molecule has 0 atom stereocenters. The number of carbonyl (C=O) groups excluding carboxylic acids is 1. The van der Waals surface area contributed by atoms with Crippen LogP contribution in [0.4, 0.5) is 0 Å². The SMILES string of the molecule is C=CCCC(=O)OCCCC1CN(S(=O)(=O)c2ccc(OCC)c(-c3nc4c(CCC)nn(C)c4c(=O)[nH]3)c2)C1. The van der Waals surface area contributed by atoms with E-state index in [4.69, 9.17) is 14.5 Å². The third-order valence-electron chi connectivity index (χ3n) is 6.89. The van der Waals surface area contributed by atoms with Crippen molar-refractivity contribution in [3.05, 3.63) is 46.9 Å². The van der Waals surface area contributed by atoms with Crippen LogP contribution < -0.4 is 10.3 Å². The molecule has 216 valence electrons. The molecule has 0 saturated carbocycles. The van der Waals surface area contributed by atoms with E-state index in [0.29, 0.717) is 80.0 Å². The van der Waals surface area contributed by atoms with E-state index >= 15 is 0 Å². The van der Waals surface area contributed by atoms with Gasteiger partial charge >= 0.3 is 5.97 Å². The summed E-state index contributed by atoms with van der Waals surface area (Å²) < 4.78 is 40.8. The molecule has 40 heavy (non-hydrogen) atoms. The molecule has 1 aromatic carbocycles. The minimum absolute atomic E-state index is 0.100. The van der Waals surface area contributed by atoms with E-state index < -0.39 is 10.0 Å². The van der Waals surface area contributed by atoms with E-state index in [1.54, 1.807) is 19.2 Å². The number of esters is 1. The Bertz CT molecular complexity index is 1540. The maximum atomic E-state index is 13.5. The van der Waals surface area contributed by atoms with Gasteiger partial charge in [-0.05, 0) is 56.7 Å². The molecule has 4 rings (SSSR count). The van der Waals surface area contributed by atoms with Crippen molar-refractivity contribution in [3.63, 3.8) is 0 Å². The normalized spacial score (nSPS) is 14.3. The lowest BCUT2D eigenvalue weighted by Gasteiger charge is -2.38. The zero-order valence-electron chi connectivity index (χ0n) is 23.3. The summed E-state index contributed by atoms with van der Waals surface area (Å²) in [4.78, 5) is 32.2. The van der Waals surface area contributed by atoms with Crippen LogP contribution in [0.1, 0.15) is 51.6 Å². The van der Waals surface area contributed by atoms with Gasteiger partial charge in [0.15, 0.2) is 5.52 Å². The first kappa shape index (κ1) is 29.5. The van der Waals surface area contributed by atoms with Crippen LogP contribution >= 0.6 is 0 Å². The van der Waals surface area contributed by atoms with E-state index in [0.717, 1.165) is 12.8 Å². The highest BCUT2D eigenvalue weighted by Crippen LogP contribution is 2.34. The average molecular weight is 572 g/mol. The van der Waals surface area contributed by atoms with E-state index in [2.05, 4.69) is 16.7 Å². The maximum absolute atomic E-state index is 13.5. The van der Waals surface area contributed by atoms with Gasteiger partial charge in [0.25, 0.3) is 5.56 Å². The number of rotatable bonds is 14. The van der Waals surface area contributed by atoms with Crippen molar-refractivity contribution in [2.45, 2.75) is 57.3 Å². The van der Waals surface area contributed by atoms with Gasteiger partial charge in [-0.25, -0.2) is 13.4 Å². The number of nitrogens with zero attached hydrogens (tertiary/aromatic N) is 4. The van der Waals surface area contributed by atoms with E-state index in [1.807, 2.05) is 13.8 Å². The third kappa shape index (κ3) is 6.28. The smallest absolute Gasteiger partial charge is 0.306 e. The molecule has 11 nitrogen and oxygen atoms in total. The fourth-order valence-corrected chi connectivity index (χ4v) is 6.44. The standard InChI is InChI=1S/C28H37N5O6S/c1-5-8-12-24(34)39-15-9-11-19-17-33(18-19)40(36,37)20-13-14-23(38-7-3)21(16-20)27-29-25-22(10-6-2)31-32(4)26(25)28(35)30-27/h5,13-14,16,19H,1,6-12,15,17-18H2,2-4H3,(H,29,30,35). The van der Waals surface area contributed by atoms with E-state index in [1.165, 1.54) is 21.1 Å². The molecule has 2 aromatic heterocycles. The van der Waals surface area contributed by atoms with Crippen LogP contribution in [0.25, 0.3) is 22.4 Å². The third-order valence-corrected chi connectivity index (χ3v) is 8.72. The highest BCUT2D eigenvalue weighted by atomic mass is 32.2. The molecule has 3 aromatic rings. The van der Waals surface area contributed by atoms with E-state index in [-0.39, 0.29) is 28.2 Å². The number of allylic oxidation sites excluding steroid dienone is 1. The van der Waals surface area contributed by atoms with Gasteiger partial charge in [0, 0.05) is 26.6 Å². The molecule has 12 heteroatoms. The molecular weight excluding hydrogens is 534 g/mol. The van der Waals surface area contributed by atoms with Crippen LogP contribution in [0, 0.1) is 5.92 Å². The molecule has 1 saturated heterocycles. The van der Waals surface area contributed by atoms with E-state index in [9.17, 15) is 18.0 Å². The van der Waals surface area contributed by atoms with Crippen molar-refractivity contribution in [1.82, 2.24) is 24.1 Å². The van der Waals surface area contributed by atoms with Crippen molar-refractivity contribution in [3.8, 4) is 17.1 Å². The van der Waals surface area contributed by atoms with Crippen molar-refractivity contribution in [2.75, 3.05) is 26.3 Å². The number of carbonyl (C=O) groups is 1. The number of fused-ring (bicyclic) bond motifs is 1. The molecule has 0 spiro atoms. The van der Waals surface area contributed by atoms with Crippen LogP contribution in [-0.4, -0.2) is 64.7 Å². The Kier molecular flexibility index (Phi) is 9.41. The second-order valence-corrected chi connectivity index (χ2v) is 11.8. The molecule has 1 N–H and O–H groups in total. The fourth-order valence-electron chi connectivity index (χ4n) is 4.82. The van der Waals surface area contributed by atoms with Gasteiger partial charge in [-0.15, -0.1) is 6.58 Å². The number of aryl methyl sites for hydroxylation is 2. The number of nitrogens with one attached hydrogen (secondary N) is 1. The predicted molar refractivity (Wildman–Crippen MR) is 152 cm³/mol. The summed E-state index contributed by atoms with van der Waals surface area (Å²) in [6.07, 6.45) is 5.54. The van der Waals surface area contributed by atoms with Gasteiger partial charge in [0.05, 0.1) is 29.4 Å². The van der Waals surface area contributed by atoms with Crippen molar-refractivity contribution in [2.24, 2.45) is 13.0 Å². The van der Waals surface area contributed by atoms with Crippen LogP contribution in [0.5, 0.6) is 5.75 Å². The molecule has 0 bridgehead atoms. The van der Waals surface area contributed by atoms with Gasteiger partial charge in [0.1, 0.15) is 17.1 Å². The lowest BCUT2D eigenvalue weighted by atomic mass is 9.98. The number of benzene rings is 1. The van der Waals surface area contributed by atoms with Gasteiger partial charge < -0.3 is 14.5 Å². The molecule has 3 heterocycles. The van der Waals surface area contributed by atoms with Gasteiger partial charge in [-0.2, -0.15) is 9.40 Å². The Hall–Kier alpha value is -3.51. The zero-order valence-corrected chi connectivity index (χ0v) is 24.1. The molecule has 1 aliphatic rings. The summed E-state index contributed by atoms with van der Waals surface area (Å²) in [6, 6.07) is 4.63. The van der Waals surface area contributed by atoms with Crippen LogP contribution in [0.15, 0.2) is 40.5 Å². The topological polar surface area (TPSA) is 136 Å². The number of hydrogen-bond donors (Lipinski definition) is 1. The highest BCUT2D eigenvalue weighted by Gasteiger charge is 2.36. The number of aromatic amines is 1. The lowest BCUT2D eigenvalue weighted by molar-refractivity contribution is -0.143. The minimum atomic E-state index is -3.77. The monoisotopic (exact) mass is 571 g/mol. The summed E-state index contributed by atoms with van der Waals surface area (Å²) in [5.41, 5.74) is 1.61. The number of sulfonamides is 1. The van der Waals surface area contributed by atoms with Gasteiger partial charge in [-0.3, -0.25) is 14.3 Å². The molecule has 0 unspecified atom stereocenters. The molecule has 0 aliphatic carbocycles. The first-order valence-corrected chi connectivity index (χ1v) is 15.1. The largest absolute Gasteiger partial charge is 0.493 e. The predicted octanol–water partition coefficient (Wildman–Crippen LogP) is 3.58. The molecule has 0 radical (unpaired) electrons. The first-order chi connectivity index (χ1) is 19.2. The quantitative estimate of drug-likeness (QED) is 0.176. The number of ether oxygens (including phenoxy) is 2. The summed E-state index contributed by atoms with van der Waals surface area (Å²) in [6.45, 7) is 8.92. The average Bonchev–Trinajstić information content (AvgIpc) is 3.21. The molecule has 1 fully saturated rings. The summed E-state index contributed by atoms with van der Waals surface area (Å²) in [5.74, 6) is 0.609. The van der Waals surface area contributed by atoms with Crippen molar-refractivity contribution < 1.29 is 22.7 Å². The van der Waals surface area contributed by atoms with Crippen LogP contribution in [-0.2, 0) is 33.0 Å². The summed E-state index contributed by atoms with van der Waals surface area (Å²) >= 11 is 0. The summed E-state index contributed by atoms with van der Waals surface area (Å²) in [5, 5.41) is 4.46. The first-order valence-electron chi connectivity index (χ1n) is 13.7. The van der Waals surface area contributed by atoms with Crippen LogP contribution in [0.2, 0.25) is 0 Å². The van der Waals surface area contributed by atoms with Crippen LogP contribution in [0.3, 0.4) is 0 Å².